The van der Waals surface area contributed by atoms with Gasteiger partial charge in [-0.15, -0.1) is 0 Å². The van der Waals surface area contributed by atoms with Crippen LogP contribution in [-0.4, -0.2) is 37.5 Å². The molecule has 0 radical (unpaired) electrons. The van der Waals surface area contributed by atoms with Gasteiger partial charge in [-0.1, -0.05) is 6.07 Å². The van der Waals surface area contributed by atoms with Gasteiger partial charge in [0.1, 0.15) is 13.2 Å². The number of benzene rings is 2. The van der Waals surface area contributed by atoms with E-state index in [-0.39, 0.29) is 17.3 Å². The summed E-state index contributed by atoms with van der Waals surface area (Å²) < 4.78 is 15.9. The number of fused-ring (bicyclic) bond motifs is 1. The number of rotatable bonds is 5. The molecule has 1 amide bonds. The Labute approximate surface area is 149 Å². The number of ether oxygens (including phenoxy) is 3. The van der Waals surface area contributed by atoms with Crippen molar-refractivity contribution in [1.29, 1.82) is 0 Å². The molecule has 0 spiro atoms. The Morgan fingerprint density at radius 1 is 1.00 bits per heavy atom. The summed E-state index contributed by atoms with van der Waals surface area (Å²) in [4.78, 5) is 35.4. The number of esters is 1. The SMILES string of the molecule is CC(=O)Nc1cccc(C(=O)OCC(=O)c2ccc3c(c2)OCCO3)c1. The van der Waals surface area contributed by atoms with Gasteiger partial charge >= 0.3 is 5.97 Å². The molecule has 0 saturated carbocycles. The molecular weight excluding hydrogens is 338 g/mol. The molecule has 1 N–H and O–H groups in total. The lowest BCUT2D eigenvalue weighted by molar-refractivity contribution is -0.114. The Hall–Kier alpha value is -3.35. The van der Waals surface area contributed by atoms with Gasteiger partial charge in [0, 0.05) is 18.2 Å². The van der Waals surface area contributed by atoms with Gasteiger partial charge in [0.05, 0.1) is 5.56 Å². The first-order valence-electron chi connectivity index (χ1n) is 8.00. The van der Waals surface area contributed by atoms with Gasteiger partial charge in [0.2, 0.25) is 5.91 Å². The number of ketones is 1. The van der Waals surface area contributed by atoms with E-state index in [4.69, 9.17) is 14.2 Å². The van der Waals surface area contributed by atoms with E-state index in [0.29, 0.717) is 36.0 Å². The largest absolute Gasteiger partial charge is 0.486 e. The second-order valence-electron chi connectivity index (χ2n) is 5.62. The van der Waals surface area contributed by atoms with Crippen molar-refractivity contribution in [3.63, 3.8) is 0 Å². The van der Waals surface area contributed by atoms with Crippen LogP contribution in [0.1, 0.15) is 27.6 Å². The van der Waals surface area contributed by atoms with Crippen molar-refractivity contribution in [3.05, 3.63) is 53.6 Å². The van der Waals surface area contributed by atoms with Crippen LogP contribution in [0.15, 0.2) is 42.5 Å². The molecule has 7 nitrogen and oxygen atoms in total. The lowest BCUT2D eigenvalue weighted by Crippen LogP contribution is -2.17. The monoisotopic (exact) mass is 355 g/mol. The molecule has 0 aromatic heterocycles. The van der Waals surface area contributed by atoms with Gasteiger partial charge < -0.3 is 19.5 Å². The number of nitrogens with one attached hydrogen (secondary N) is 1. The lowest BCUT2D eigenvalue weighted by atomic mass is 10.1. The molecular formula is C19H17NO6. The van der Waals surface area contributed by atoms with Crippen LogP contribution in [0.2, 0.25) is 0 Å². The summed E-state index contributed by atoms with van der Waals surface area (Å²) in [5.41, 5.74) is 1.09. The fourth-order valence-corrected chi connectivity index (χ4v) is 2.44. The average molecular weight is 355 g/mol. The highest BCUT2D eigenvalue weighted by Gasteiger charge is 2.17. The van der Waals surface area contributed by atoms with Gasteiger partial charge in [0.25, 0.3) is 0 Å². The zero-order valence-corrected chi connectivity index (χ0v) is 14.1. The minimum Gasteiger partial charge on any atom is -0.486 e. The number of Topliss-reactive ketones (excluding diaryl/α,β-unsaturated/α-hetero) is 1. The summed E-state index contributed by atoms with van der Waals surface area (Å²) in [5.74, 6) is -0.170. The minimum absolute atomic E-state index is 0.242. The standard InChI is InChI=1S/C19H17NO6/c1-12(21)20-15-4-2-3-14(9-15)19(23)26-11-16(22)13-5-6-17-18(10-13)25-8-7-24-17/h2-6,9-10H,7-8,11H2,1H3,(H,20,21). The maximum Gasteiger partial charge on any atom is 0.338 e. The third kappa shape index (κ3) is 4.18. The molecule has 134 valence electrons. The smallest absolute Gasteiger partial charge is 0.338 e. The number of hydrogen-bond donors (Lipinski definition) is 1. The number of carbonyl (C=O) groups excluding carboxylic acids is 3. The normalized spacial score (nSPS) is 12.2. The molecule has 0 unspecified atom stereocenters. The van der Waals surface area contributed by atoms with Crippen LogP contribution in [0.4, 0.5) is 5.69 Å². The highest BCUT2D eigenvalue weighted by Crippen LogP contribution is 2.30. The lowest BCUT2D eigenvalue weighted by Gasteiger charge is -2.18. The first kappa shape index (κ1) is 17.5. The Morgan fingerprint density at radius 3 is 2.54 bits per heavy atom. The zero-order valence-electron chi connectivity index (χ0n) is 14.1. The Balaban J connectivity index is 1.62. The molecule has 1 aliphatic rings. The Bertz CT molecular complexity index is 861. The molecule has 0 fully saturated rings. The van der Waals surface area contributed by atoms with Crippen molar-refractivity contribution >= 4 is 23.3 Å². The van der Waals surface area contributed by atoms with E-state index >= 15 is 0 Å². The van der Waals surface area contributed by atoms with Crippen LogP contribution >= 0.6 is 0 Å². The molecule has 0 bridgehead atoms. The fraction of sp³-hybridized carbons (Fsp3) is 0.211. The van der Waals surface area contributed by atoms with E-state index in [1.54, 1.807) is 36.4 Å². The van der Waals surface area contributed by atoms with E-state index in [1.165, 1.54) is 13.0 Å². The van der Waals surface area contributed by atoms with Crippen LogP contribution < -0.4 is 14.8 Å². The number of anilines is 1. The summed E-state index contributed by atoms with van der Waals surface area (Å²) in [6.45, 7) is 1.86. The second kappa shape index (κ2) is 7.69. The first-order chi connectivity index (χ1) is 12.5. The summed E-state index contributed by atoms with van der Waals surface area (Å²) in [6.07, 6.45) is 0. The highest BCUT2D eigenvalue weighted by molar-refractivity contribution is 6.00. The average Bonchev–Trinajstić information content (AvgIpc) is 2.65. The van der Waals surface area contributed by atoms with Crippen LogP contribution in [-0.2, 0) is 9.53 Å². The molecule has 0 aliphatic carbocycles. The molecule has 1 heterocycles. The highest BCUT2D eigenvalue weighted by atomic mass is 16.6. The maximum absolute atomic E-state index is 12.2. The number of hydrogen-bond acceptors (Lipinski definition) is 6. The van der Waals surface area contributed by atoms with E-state index in [9.17, 15) is 14.4 Å². The molecule has 2 aromatic carbocycles. The van der Waals surface area contributed by atoms with Gasteiger partial charge in [-0.25, -0.2) is 4.79 Å². The molecule has 7 heteroatoms. The Morgan fingerprint density at radius 2 is 1.77 bits per heavy atom. The topological polar surface area (TPSA) is 90.9 Å². The van der Waals surface area contributed by atoms with Gasteiger partial charge in [-0.3, -0.25) is 9.59 Å². The van der Waals surface area contributed by atoms with Crippen molar-refractivity contribution in [2.24, 2.45) is 0 Å². The predicted octanol–water partition coefficient (Wildman–Crippen LogP) is 2.46. The van der Waals surface area contributed by atoms with Gasteiger partial charge in [-0.2, -0.15) is 0 Å². The van der Waals surface area contributed by atoms with Crippen molar-refractivity contribution in [1.82, 2.24) is 0 Å². The first-order valence-corrected chi connectivity index (χ1v) is 8.00. The number of carbonyl (C=O) groups is 3. The molecule has 0 atom stereocenters. The van der Waals surface area contributed by atoms with E-state index in [2.05, 4.69) is 5.32 Å². The quantitative estimate of drug-likeness (QED) is 0.654. The predicted molar refractivity (Wildman–Crippen MR) is 92.8 cm³/mol. The van der Waals surface area contributed by atoms with Crippen molar-refractivity contribution < 1.29 is 28.6 Å². The van der Waals surface area contributed by atoms with E-state index in [1.807, 2.05) is 0 Å². The molecule has 0 saturated heterocycles. The van der Waals surface area contributed by atoms with Gasteiger partial charge in [-0.05, 0) is 36.4 Å². The molecule has 1 aliphatic heterocycles. The number of amides is 1. The Kier molecular flexibility index (Phi) is 5.17. The van der Waals surface area contributed by atoms with Crippen LogP contribution in [0.25, 0.3) is 0 Å². The van der Waals surface area contributed by atoms with Crippen molar-refractivity contribution in [2.45, 2.75) is 6.92 Å². The third-order valence-corrected chi connectivity index (χ3v) is 3.62. The molecule has 3 rings (SSSR count). The van der Waals surface area contributed by atoms with Crippen molar-refractivity contribution in [2.75, 3.05) is 25.1 Å². The summed E-state index contributed by atoms with van der Waals surface area (Å²) in [5, 5.41) is 2.58. The zero-order chi connectivity index (χ0) is 18.5. The minimum atomic E-state index is -0.650. The van der Waals surface area contributed by atoms with Crippen LogP contribution in [0.5, 0.6) is 11.5 Å². The molecule has 2 aromatic rings. The molecule has 26 heavy (non-hydrogen) atoms. The van der Waals surface area contributed by atoms with Crippen molar-refractivity contribution in [3.8, 4) is 11.5 Å². The van der Waals surface area contributed by atoms with E-state index < -0.39 is 12.6 Å². The van der Waals surface area contributed by atoms with Gasteiger partial charge in [0.15, 0.2) is 23.9 Å². The maximum atomic E-state index is 12.2. The van der Waals surface area contributed by atoms with E-state index in [0.717, 1.165) is 0 Å². The summed E-state index contributed by atoms with van der Waals surface area (Å²) in [7, 11) is 0. The second-order valence-corrected chi connectivity index (χ2v) is 5.62. The van der Waals surface area contributed by atoms with Crippen LogP contribution in [0, 0.1) is 0 Å². The fourth-order valence-electron chi connectivity index (χ4n) is 2.44. The summed E-state index contributed by atoms with van der Waals surface area (Å²) >= 11 is 0. The third-order valence-electron chi connectivity index (χ3n) is 3.62. The van der Waals surface area contributed by atoms with Crippen LogP contribution in [0.3, 0.4) is 0 Å². The summed E-state index contributed by atoms with van der Waals surface area (Å²) in [6, 6.07) is 11.1.